The van der Waals surface area contributed by atoms with Crippen LogP contribution in [0.2, 0.25) is 0 Å². The zero-order valence-corrected chi connectivity index (χ0v) is 21.4. The van der Waals surface area contributed by atoms with Crippen molar-refractivity contribution in [1.82, 2.24) is 14.9 Å². The molecule has 7 heteroatoms. The minimum atomic E-state index is -0.935. The summed E-state index contributed by atoms with van der Waals surface area (Å²) >= 11 is 0. The van der Waals surface area contributed by atoms with Crippen LogP contribution in [0.5, 0.6) is 5.75 Å². The van der Waals surface area contributed by atoms with Crippen molar-refractivity contribution < 1.29 is 19.4 Å². The molecule has 0 amide bonds. The molecule has 2 aromatic carbocycles. The lowest BCUT2D eigenvalue weighted by molar-refractivity contribution is -0.0226. The summed E-state index contributed by atoms with van der Waals surface area (Å²) in [6.07, 6.45) is 8.25. The quantitative estimate of drug-likeness (QED) is 0.316. The molecule has 0 spiro atoms. The van der Waals surface area contributed by atoms with E-state index in [1.54, 1.807) is 25.4 Å². The lowest BCUT2D eigenvalue weighted by Crippen LogP contribution is -2.40. The molecule has 2 atom stereocenters. The Morgan fingerprint density at radius 1 is 1.19 bits per heavy atom. The van der Waals surface area contributed by atoms with Crippen LogP contribution in [0.3, 0.4) is 0 Å². The minimum Gasteiger partial charge on any atom is -0.496 e. The molecule has 3 heterocycles. The first-order valence-corrected chi connectivity index (χ1v) is 13.1. The van der Waals surface area contributed by atoms with Gasteiger partial charge < -0.3 is 19.6 Å². The first-order chi connectivity index (χ1) is 18.0. The van der Waals surface area contributed by atoms with E-state index in [0.717, 1.165) is 59.5 Å². The smallest absolute Gasteiger partial charge is 0.336 e. The topological polar surface area (TPSA) is 87.7 Å². The first kappa shape index (κ1) is 23.9. The number of likely N-dealkylation sites (tertiary alicyclic amines) is 1. The molecule has 192 valence electrons. The van der Waals surface area contributed by atoms with E-state index in [2.05, 4.69) is 33.9 Å². The fraction of sp³-hybridized carbons (Fsp3) is 0.400. The highest BCUT2D eigenvalue weighted by molar-refractivity contribution is 6.03. The van der Waals surface area contributed by atoms with E-state index < -0.39 is 5.97 Å². The second kappa shape index (κ2) is 9.80. The maximum atomic E-state index is 11.9. The fourth-order valence-electron chi connectivity index (χ4n) is 5.84. The van der Waals surface area contributed by atoms with Crippen LogP contribution >= 0.6 is 0 Å². The van der Waals surface area contributed by atoms with E-state index in [9.17, 15) is 9.90 Å². The highest BCUT2D eigenvalue weighted by Gasteiger charge is 2.34. The number of carbonyl (C=O) groups is 1. The van der Waals surface area contributed by atoms with Crippen molar-refractivity contribution >= 4 is 27.8 Å². The van der Waals surface area contributed by atoms with Gasteiger partial charge in [0, 0.05) is 60.0 Å². The number of piperidine rings is 1. The molecule has 1 aliphatic heterocycles. The minimum absolute atomic E-state index is 0.0400. The number of pyridine rings is 1. The van der Waals surface area contributed by atoms with Gasteiger partial charge in [0.25, 0.3) is 0 Å². The second-order valence-electron chi connectivity index (χ2n) is 10.5. The van der Waals surface area contributed by atoms with E-state index in [4.69, 9.17) is 9.47 Å². The number of aromatic nitrogens is 2. The Morgan fingerprint density at radius 3 is 2.84 bits per heavy atom. The number of H-pyrrole nitrogens is 1. The Morgan fingerprint density at radius 2 is 2.05 bits per heavy atom. The fourth-order valence-corrected chi connectivity index (χ4v) is 5.84. The van der Waals surface area contributed by atoms with Crippen molar-refractivity contribution in [2.75, 3.05) is 20.3 Å². The molecule has 0 unspecified atom stereocenters. The number of carboxylic acids is 1. The van der Waals surface area contributed by atoms with Gasteiger partial charge in [-0.25, -0.2) is 4.79 Å². The number of hydrogen-bond donors (Lipinski definition) is 2. The van der Waals surface area contributed by atoms with Gasteiger partial charge in [-0.3, -0.25) is 9.88 Å². The van der Waals surface area contributed by atoms with Crippen LogP contribution in [0.25, 0.3) is 21.8 Å². The molecule has 2 N–H and O–H groups in total. The van der Waals surface area contributed by atoms with E-state index in [-0.39, 0.29) is 17.7 Å². The van der Waals surface area contributed by atoms with Gasteiger partial charge in [0.1, 0.15) is 5.75 Å². The molecule has 2 fully saturated rings. The molecule has 37 heavy (non-hydrogen) atoms. The van der Waals surface area contributed by atoms with Crippen molar-refractivity contribution in [3.63, 3.8) is 0 Å². The average Bonchev–Trinajstić information content (AvgIpc) is 3.61. The number of carboxylic acid groups (broad SMARTS) is 1. The van der Waals surface area contributed by atoms with Gasteiger partial charge in [-0.2, -0.15) is 0 Å². The normalized spacial score (nSPS) is 20.5. The summed E-state index contributed by atoms with van der Waals surface area (Å²) < 4.78 is 12.2. The lowest BCUT2D eigenvalue weighted by Gasteiger charge is -2.40. The van der Waals surface area contributed by atoms with Crippen LogP contribution in [-0.2, 0) is 11.3 Å². The van der Waals surface area contributed by atoms with Gasteiger partial charge in [-0.05, 0) is 73.9 Å². The molecule has 1 saturated heterocycles. The third-order valence-electron chi connectivity index (χ3n) is 8.01. The van der Waals surface area contributed by atoms with Crippen molar-refractivity contribution in [1.29, 1.82) is 0 Å². The monoisotopic (exact) mass is 499 g/mol. The highest BCUT2D eigenvalue weighted by atomic mass is 16.5. The number of nitrogens with zero attached hydrogens (tertiary/aromatic N) is 2. The van der Waals surface area contributed by atoms with Gasteiger partial charge in [0.15, 0.2) is 0 Å². The first-order valence-electron chi connectivity index (χ1n) is 13.1. The zero-order valence-electron chi connectivity index (χ0n) is 21.4. The Kier molecular flexibility index (Phi) is 6.34. The van der Waals surface area contributed by atoms with Gasteiger partial charge in [-0.15, -0.1) is 0 Å². The Bertz CT molecular complexity index is 1460. The second-order valence-corrected chi connectivity index (χ2v) is 10.5. The summed E-state index contributed by atoms with van der Waals surface area (Å²) in [5.41, 5.74) is 5.53. The number of benzene rings is 2. The molecule has 2 aromatic heterocycles. The summed E-state index contributed by atoms with van der Waals surface area (Å²) in [4.78, 5) is 22.5. The van der Waals surface area contributed by atoms with E-state index >= 15 is 0 Å². The molecule has 4 aromatic rings. The molecular weight excluding hydrogens is 466 g/mol. The summed E-state index contributed by atoms with van der Waals surface area (Å²) in [5.74, 6) is 0.669. The maximum absolute atomic E-state index is 11.9. The molecule has 7 nitrogen and oxygen atoms in total. The Hall–Kier alpha value is -3.42. The predicted molar refractivity (Wildman–Crippen MR) is 143 cm³/mol. The van der Waals surface area contributed by atoms with Crippen molar-refractivity contribution in [2.24, 2.45) is 5.92 Å². The van der Waals surface area contributed by atoms with E-state index in [0.29, 0.717) is 17.8 Å². The van der Waals surface area contributed by atoms with Crippen LogP contribution < -0.4 is 4.74 Å². The third kappa shape index (κ3) is 4.58. The number of fused-ring (bicyclic) bond motifs is 2. The summed E-state index contributed by atoms with van der Waals surface area (Å²) in [6, 6.07) is 11.6. The SMILES string of the molecule is COc1cc(C)c2[nH]ccc2c1CN1CC[C@H](OCC2CC2)C[C@H]1c1ccc(C(=O)O)c2cccnc12. The number of hydrogen-bond acceptors (Lipinski definition) is 5. The summed E-state index contributed by atoms with van der Waals surface area (Å²) in [7, 11) is 1.73. The summed E-state index contributed by atoms with van der Waals surface area (Å²) in [5, 5.41) is 11.6. The van der Waals surface area contributed by atoms with Gasteiger partial charge in [0.05, 0.1) is 24.3 Å². The number of aromatic amines is 1. The number of rotatable bonds is 8. The van der Waals surface area contributed by atoms with E-state index in [1.807, 2.05) is 18.3 Å². The van der Waals surface area contributed by atoms with Crippen LogP contribution in [0, 0.1) is 12.8 Å². The standard InChI is InChI=1S/C30H33N3O4/c1-18-14-27(36-2)25(22-9-12-32-28(18)22)16-33-13-10-20(37-17-19-5-6-19)15-26(33)24-8-7-23(30(34)35)21-4-3-11-31-29(21)24/h3-4,7-9,11-12,14,19-20,26,32H,5-6,10,13,15-17H2,1-2H3,(H,34,35)/t20-,26-/m0/s1. The molecule has 2 aliphatic rings. The van der Waals surface area contributed by atoms with Gasteiger partial charge in [0.2, 0.25) is 0 Å². The van der Waals surface area contributed by atoms with E-state index in [1.165, 1.54) is 18.2 Å². The maximum Gasteiger partial charge on any atom is 0.336 e. The van der Waals surface area contributed by atoms with Crippen molar-refractivity contribution in [3.8, 4) is 5.75 Å². The van der Waals surface area contributed by atoms with Crippen LogP contribution in [0.1, 0.15) is 58.8 Å². The number of ether oxygens (including phenoxy) is 2. The van der Waals surface area contributed by atoms with Crippen LogP contribution in [-0.4, -0.2) is 52.3 Å². The van der Waals surface area contributed by atoms with Gasteiger partial charge in [-0.1, -0.05) is 12.1 Å². The number of aromatic carboxylic acids is 1. The Labute approximate surface area is 216 Å². The molecule has 6 rings (SSSR count). The van der Waals surface area contributed by atoms with Crippen LogP contribution in [0.4, 0.5) is 0 Å². The van der Waals surface area contributed by atoms with Gasteiger partial charge >= 0.3 is 5.97 Å². The van der Waals surface area contributed by atoms with Crippen molar-refractivity contribution in [3.05, 3.63) is 71.0 Å². The number of nitrogens with one attached hydrogen (secondary N) is 1. The largest absolute Gasteiger partial charge is 0.496 e. The van der Waals surface area contributed by atoms with Crippen molar-refractivity contribution in [2.45, 2.75) is 51.3 Å². The number of aryl methyl sites for hydroxylation is 1. The molecular formula is C30H33N3O4. The molecule has 1 aliphatic carbocycles. The zero-order chi connectivity index (χ0) is 25.5. The lowest BCUT2D eigenvalue weighted by atomic mass is 9.89. The summed E-state index contributed by atoms with van der Waals surface area (Å²) in [6.45, 7) is 4.52. The predicted octanol–water partition coefficient (Wildman–Crippen LogP) is 5.86. The molecule has 1 saturated carbocycles. The average molecular weight is 500 g/mol. The molecule has 0 radical (unpaired) electrons. The molecule has 0 bridgehead atoms. The number of methoxy groups -OCH3 is 1. The highest BCUT2D eigenvalue weighted by Crippen LogP contribution is 2.40. The third-order valence-corrected chi connectivity index (χ3v) is 8.01. The van der Waals surface area contributed by atoms with Crippen LogP contribution in [0.15, 0.2) is 48.8 Å². The Balaban J connectivity index is 1.41.